The summed E-state index contributed by atoms with van der Waals surface area (Å²) >= 11 is 13.6. The maximum absolute atomic E-state index is 6.00. The van der Waals surface area contributed by atoms with E-state index >= 15 is 0 Å². The van der Waals surface area contributed by atoms with Crippen LogP contribution in [-0.2, 0) is 6.42 Å². The summed E-state index contributed by atoms with van der Waals surface area (Å²) in [6, 6.07) is 1.71. The highest BCUT2D eigenvalue weighted by atomic mass is 35.5. The zero-order valence-electron chi connectivity index (χ0n) is 6.31. The molecule has 0 amide bonds. The number of nitrogens with zero attached hydrogens (tertiary/aromatic N) is 1. The van der Waals surface area contributed by atoms with Gasteiger partial charge in [-0.05, 0) is 24.7 Å². The van der Waals surface area contributed by atoms with Gasteiger partial charge in [0.05, 0.1) is 10.7 Å². The Morgan fingerprint density at radius 1 is 1.42 bits per heavy atom. The van der Waals surface area contributed by atoms with Crippen molar-refractivity contribution < 1.29 is 0 Å². The van der Waals surface area contributed by atoms with Crippen LogP contribution in [0.15, 0.2) is 11.0 Å². The summed E-state index contributed by atoms with van der Waals surface area (Å²) in [5, 5.41) is 1.25. The lowest BCUT2D eigenvalue weighted by molar-refractivity contribution is 0.844. The van der Waals surface area contributed by atoms with Gasteiger partial charge in [0.1, 0.15) is 5.15 Å². The number of aromatic nitrogens is 1. The highest BCUT2D eigenvalue weighted by Gasteiger charge is 2.15. The highest BCUT2D eigenvalue weighted by Crippen LogP contribution is 2.35. The van der Waals surface area contributed by atoms with E-state index in [0.717, 1.165) is 27.8 Å². The average Bonchev–Trinajstić information content (AvgIpc) is 2.04. The van der Waals surface area contributed by atoms with Crippen molar-refractivity contribution in [1.29, 1.82) is 0 Å². The molecular formula is C8H7Cl2NS. The van der Waals surface area contributed by atoms with Gasteiger partial charge in [-0.15, -0.1) is 11.8 Å². The molecule has 0 atom stereocenters. The second-order valence-corrected chi connectivity index (χ2v) is 4.55. The van der Waals surface area contributed by atoms with Gasteiger partial charge < -0.3 is 0 Å². The molecule has 1 aliphatic heterocycles. The molecule has 0 saturated carbocycles. The molecule has 1 nitrogen and oxygen atoms in total. The normalized spacial score (nSPS) is 15.8. The molecular weight excluding hydrogens is 213 g/mol. The molecule has 1 aromatic heterocycles. The van der Waals surface area contributed by atoms with Crippen LogP contribution in [0, 0.1) is 0 Å². The molecule has 0 radical (unpaired) electrons. The van der Waals surface area contributed by atoms with Crippen LogP contribution in [0.3, 0.4) is 0 Å². The molecule has 1 aliphatic rings. The Balaban J connectivity index is 2.53. The third kappa shape index (κ3) is 1.56. The van der Waals surface area contributed by atoms with Crippen molar-refractivity contribution in [3.63, 3.8) is 0 Å². The Bertz CT molecular complexity index is 314. The number of halogens is 2. The van der Waals surface area contributed by atoms with Crippen LogP contribution < -0.4 is 0 Å². The Kier molecular flexibility index (Phi) is 2.49. The molecule has 12 heavy (non-hydrogen) atoms. The minimum absolute atomic E-state index is 0.501. The number of pyridine rings is 1. The van der Waals surface area contributed by atoms with Gasteiger partial charge in [-0.1, -0.05) is 23.2 Å². The maximum atomic E-state index is 6.00. The van der Waals surface area contributed by atoms with Crippen molar-refractivity contribution in [3.05, 3.63) is 21.9 Å². The van der Waals surface area contributed by atoms with Crippen LogP contribution in [0.5, 0.6) is 0 Å². The molecule has 64 valence electrons. The second kappa shape index (κ2) is 3.44. The van der Waals surface area contributed by atoms with Gasteiger partial charge in [-0.3, -0.25) is 0 Å². The Hall–Kier alpha value is 0.0800. The van der Waals surface area contributed by atoms with Gasteiger partial charge in [-0.25, -0.2) is 4.98 Å². The first-order chi connectivity index (χ1) is 5.77. The average molecular weight is 220 g/mol. The molecule has 0 bridgehead atoms. The molecule has 0 spiro atoms. The monoisotopic (exact) mass is 219 g/mol. The first-order valence-corrected chi connectivity index (χ1v) is 5.49. The highest BCUT2D eigenvalue weighted by molar-refractivity contribution is 7.99. The molecule has 0 N–H and O–H groups in total. The smallest absolute Gasteiger partial charge is 0.130 e. The second-order valence-electron chi connectivity index (χ2n) is 2.65. The molecule has 0 saturated heterocycles. The van der Waals surface area contributed by atoms with Gasteiger partial charge in [0, 0.05) is 4.90 Å². The fraction of sp³-hybridized carbons (Fsp3) is 0.375. The number of fused-ring (bicyclic) bond motifs is 1. The van der Waals surface area contributed by atoms with E-state index in [2.05, 4.69) is 4.98 Å². The Morgan fingerprint density at radius 3 is 3.08 bits per heavy atom. The SMILES string of the molecule is Clc1cc(Cl)c2c(n1)CCCS2. The van der Waals surface area contributed by atoms with E-state index in [-0.39, 0.29) is 0 Å². The number of hydrogen-bond donors (Lipinski definition) is 0. The third-order valence-corrected chi connectivity index (χ3v) is 3.61. The van der Waals surface area contributed by atoms with Gasteiger partial charge in [-0.2, -0.15) is 0 Å². The predicted molar refractivity (Wildman–Crippen MR) is 53.3 cm³/mol. The number of rotatable bonds is 0. The van der Waals surface area contributed by atoms with Crippen LogP contribution in [-0.4, -0.2) is 10.7 Å². The Labute approximate surface area is 85.5 Å². The number of hydrogen-bond acceptors (Lipinski definition) is 2. The standard InChI is InChI=1S/C8H7Cl2NS/c9-5-4-7(10)11-6-2-1-3-12-8(5)6/h4H,1-3H2. The van der Waals surface area contributed by atoms with Crippen LogP contribution in [0.2, 0.25) is 10.2 Å². The molecule has 2 heterocycles. The van der Waals surface area contributed by atoms with Gasteiger partial charge >= 0.3 is 0 Å². The van der Waals surface area contributed by atoms with Crippen LogP contribution in [0.25, 0.3) is 0 Å². The third-order valence-electron chi connectivity index (χ3n) is 1.77. The summed E-state index contributed by atoms with van der Waals surface area (Å²) in [6.45, 7) is 0. The van der Waals surface area contributed by atoms with Crippen molar-refractivity contribution in [3.8, 4) is 0 Å². The number of aryl methyl sites for hydroxylation is 1. The van der Waals surface area contributed by atoms with Crippen LogP contribution >= 0.6 is 35.0 Å². The van der Waals surface area contributed by atoms with E-state index < -0.39 is 0 Å². The molecule has 1 aromatic rings. The van der Waals surface area contributed by atoms with E-state index in [1.807, 2.05) is 0 Å². The molecule has 2 rings (SSSR count). The van der Waals surface area contributed by atoms with E-state index in [9.17, 15) is 0 Å². The lowest BCUT2D eigenvalue weighted by Crippen LogP contribution is -2.01. The Morgan fingerprint density at radius 2 is 2.25 bits per heavy atom. The summed E-state index contributed by atoms with van der Waals surface area (Å²) < 4.78 is 0. The minimum Gasteiger partial charge on any atom is -0.240 e. The van der Waals surface area contributed by atoms with Crippen molar-refractivity contribution in [2.75, 3.05) is 5.75 Å². The van der Waals surface area contributed by atoms with Crippen molar-refractivity contribution in [2.24, 2.45) is 0 Å². The molecule has 0 aliphatic carbocycles. The minimum atomic E-state index is 0.501. The number of thioether (sulfide) groups is 1. The first-order valence-electron chi connectivity index (χ1n) is 3.75. The van der Waals surface area contributed by atoms with Gasteiger partial charge in [0.15, 0.2) is 0 Å². The molecule has 0 fully saturated rings. The molecule has 0 aromatic carbocycles. The first kappa shape index (κ1) is 8.67. The lowest BCUT2D eigenvalue weighted by Gasteiger charge is -2.15. The summed E-state index contributed by atoms with van der Waals surface area (Å²) in [5.74, 6) is 1.13. The summed E-state index contributed by atoms with van der Waals surface area (Å²) in [6.07, 6.45) is 2.17. The fourth-order valence-electron chi connectivity index (χ4n) is 1.26. The van der Waals surface area contributed by atoms with Gasteiger partial charge in [0.25, 0.3) is 0 Å². The summed E-state index contributed by atoms with van der Waals surface area (Å²) in [4.78, 5) is 5.35. The van der Waals surface area contributed by atoms with Crippen LogP contribution in [0.4, 0.5) is 0 Å². The maximum Gasteiger partial charge on any atom is 0.130 e. The van der Waals surface area contributed by atoms with Crippen molar-refractivity contribution >= 4 is 35.0 Å². The molecule has 4 heteroatoms. The lowest BCUT2D eigenvalue weighted by atomic mass is 10.2. The van der Waals surface area contributed by atoms with Gasteiger partial charge in [0.2, 0.25) is 0 Å². The zero-order chi connectivity index (χ0) is 8.55. The summed E-state index contributed by atoms with van der Waals surface area (Å²) in [7, 11) is 0. The zero-order valence-corrected chi connectivity index (χ0v) is 8.64. The predicted octanol–water partition coefficient (Wildman–Crippen LogP) is 3.43. The summed E-state index contributed by atoms with van der Waals surface area (Å²) in [5.41, 5.74) is 1.06. The largest absolute Gasteiger partial charge is 0.240 e. The van der Waals surface area contributed by atoms with Crippen molar-refractivity contribution in [1.82, 2.24) is 4.98 Å². The van der Waals surface area contributed by atoms with E-state index in [4.69, 9.17) is 23.2 Å². The molecule has 0 unspecified atom stereocenters. The van der Waals surface area contributed by atoms with E-state index in [1.165, 1.54) is 6.42 Å². The van der Waals surface area contributed by atoms with Crippen LogP contribution in [0.1, 0.15) is 12.1 Å². The quantitative estimate of drug-likeness (QED) is 0.621. The van der Waals surface area contributed by atoms with E-state index in [0.29, 0.717) is 5.15 Å². The van der Waals surface area contributed by atoms with Crippen molar-refractivity contribution in [2.45, 2.75) is 17.7 Å². The fourth-order valence-corrected chi connectivity index (χ4v) is 2.90. The van der Waals surface area contributed by atoms with E-state index in [1.54, 1.807) is 17.8 Å². The topological polar surface area (TPSA) is 12.9 Å².